The van der Waals surface area contributed by atoms with Gasteiger partial charge in [0.15, 0.2) is 8.68 Å². The van der Waals surface area contributed by atoms with Crippen molar-refractivity contribution >= 4 is 52.7 Å². The number of hydrogen-bond acceptors (Lipinski definition) is 9. The molecule has 0 fully saturated rings. The number of thioether (sulfide) groups is 2. The van der Waals surface area contributed by atoms with Crippen LogP contribution in [0.4, 0.5) is 5.69 Å². The summed E-state index contributed by atoms with van der Waals surface area (Å²) in [4.78, 5) is 22.2. The van der Waals surface area contributed by atoms with E-state index in [2.05, 4.69) is 32.9 Å². The van der Waals surface area contributed by atoms with Crippen molar-refractivity contribution < 1.29 is 9.72 Å². The largest absolute Gasteiger partial charge is 0.272 e. The molecule has 3 rings (SSSR count). The second-order valence-electron chi connectivity index (χ2n) is 5.54. The van der Waals surface area contributed by atoms with Crippen LogP contribution in [0.25, 0.3) is 0 Å². The van der Waals surface area contributed by atoms with Crippen molar-refractivity contribution in [1.82, 2.24) is 15.6 Å². The van der Waals surface area contributed by atoms with Gasteiger partial charge < -0.3 is 0 Å². The minimum absolute atomic E-state index is 0.0342. The monoisotopic (exact) mass is 445 g/mol. The van der Waals surface area contributed by atoms with Crippen LogP contribution in [0, 0.1) is 10.1 Å². The number of hydrazone groups is 1. The van der Waals surface area contributed by atoms with E-state index in [-0.39, 0.29) is 17.3 Å². The second kappa shape index (κ2) is 10.7. The van der Waals surface area contributed by atoms with Crippen LogP contribution in [-0.4, -0.2) is 33.0 Å². The maximum Gasteiger partial charge on any atom is 0.270 e. The summed E-state index contributed by atoms with van der Waals surface area (Å²) in [5.74, 6) is 0.655. The van der Waals surface area contributed by atoms with Crippen LogP contribution < -0.4 is 5.43 Å². The lowest BCUT2D eigenvalue weighted by molar-refractivity contribution is -0.384. The Balaban J connectivity index is 1.42. The maximum absolute atomic E-state index is 11.9. The van der Waals surface area contributed by atoms with Crippen LogP contribution in [-0.2, 0) is 10.5 Å². The Bertz CT molecular complexity index is 1010. The molecule has 0 saturated carbocycles. The van der Waals surface area contributed by atoms with Crippen molar-refractivity contribution in [3.63, 3.8) is 0 Å². The summed E-state index contributed by atoms with van der Waals surface area (Å²) in [6.45, 7) is 0. The van der Waals surface area contributed by atoms with Gasteiger partial charge in [-0.15, -0.1) is 10.2 Å². The molecule has 0 atom stereocenters. The van der Waals surface area contributed by atoms with Crippen LogP contribution in [0.2, 0.25) is 0 Å². The van der Waals surface area contributed by atoms with Gasteiger partial charge in [-0.05, 0) is 5.56 Å². The number of rotatable bonds is 9. The average molecular weight is 446 g/mol. The number of nitro groups is 1. The zero-order chi connectivity index (χ0) is 20.5. The highest BCUT2D eigenvalue weighted by molar-refractivity contribution is 8.03. The summed E-state index contributed by atoms with van der Waals surface area (Å²) in [6, 6.07) is 16.1. The standard InChI is InChI=1S/C18H15N5O3S3/c24-16(20-19-10-14-7-4-8-15(9-14)23(25)26)12-28-18-22-21-17(29-18)27-11-13-5-2-1-3-6-13/h1-10H,11-12H2,(H,20,24). The van der Waals surface area contributed by atoms with Gasteiger partial charge in [0.25, 0.3) is 11.6 Å². The number of carbonyl (C=O) groups excluding carboxylic acids is 1. The van der Waals surface area contributed by atoms with E-state index in [1.54, 1.807) is 23.9 Å². The van der Waals surface area contributed by atoms with Crippen molar-refractivity contribution in [2.45, 2.75) is 14.4 Å². The van der Waals surface area contributed by atoms with Crippen molar-refractivity contribution in [3.8, 4) is 0 Å². The number of amides is 1. The Kier molecular flexibility index (Phi) is 7.73. The van der Waals surface area contributed by atoms with E-state index in [0.717, 1.165) is 10.1 Å². The van der Waals surface area contributed by atoms with Gasteiger partial charge in [-0.3, -0.25) is 14.9 Å². The molecule has 0 saturated heterocycles. The van der Waals surface area contributed by atoms with Gasteiger partial charge in [0.2, 0.25) is 0 Å². The third-order valence-corrected chi connectivity index (χ3v) is 6.66. The SMILES string of the molecule is O=C(CSc1nnc(SCc2ccccc2)s1)NN=Cc1cccc([N+](=O)[O-])c1. The van der Waals surface area contributed by atoms with Crippen LogP contribution in [0.1, 0.15) is 11.1 Å². The van der Waals surface area contributed by atoms with E-state index in [1.807, 2.05) is 18.2 Å². The van der Waals surface area contributed by atoms with Crippen LogP contribution in [0.3, 0.4) is 0 Å². The molecule has 0 unspecified atom stereocenters. The van der Waals surface area contributed by atoms with Crippen molar-refractivity contribution in [1.29, 1.82) is 0 Å². The zero-order valence-electron chi connectivity index (χ0n) is 14.9. The molecule has 2 aromatic carbocycles. The quantitative estimate of drug-likeness (QED) is 0.229. The third kappa shape index (κ3) is 6.97. The van der Waals surface area contributed by atoms with E-state index in [4.69, 9.17) is 0 Å². The number of nitro benzene ring substituents is 1. The molecule has 1 heterocycles. The molecular formula is C18H15N5O3S3. The highest BCUT2D eigenvalue weighted by Crippen LogP contribution is 2.30. The summed E-state index contributed by atoms with van der Waals surface area (Å²) >= 11 is 4.32. The number of nitrogens with one attached hydrogen (secondary N) is 1. The lowest BCUT2D eigenvalue weighted by Crippen LogP contribution is -2.19. The minimum atomic E-state index is -0.485. The molecule has 0 aliphatic carbocycles. The Morgan fingerprint density at radius 2 is 1.90 bits per heavy atom. The fraction of sp³-hybridized carbons (Fsp3) is 0.111. The maximum atomic E-state index is 11.9. The Morgan fingerprint density at radius 3 is 2.66 bits per heavy atom. The van der Waals surface area contributed by atoms with Crippen molar-refractivity contribution in [2.75, 3.05) is 5.75 Å². The fourth-order valence-electron chi connectivity index (χ4n) is 2.09. The Morgan fingerprint density at radius 1 is 1.14 bits per heavy atom. The molecule has 0 radical (unpaired) electrons. The van der Waals surface area contributed by atoms with Crippen LogP contribution in [0.5, 0.6) is 0 Å². The summed E-state index contributed by atoms with van der Waals surface area (Å²) in [5.41, 5.74) is 4.10. The van der Waals surface area contributed by atoms with Gasteiger partial charge >= 0.3 is 0 Å². The Labute approximate surface area is 179 Å². The molecule has 0 aliphatic heterocycles. The predicted octanol–water partition coefficient (Wildman–Crippen LogP) is 3.98. The van der Waals surface area contributed by atoms with Gasteiger partial charge in [0.1, 0.15) is 0 Å². The number of carbonyl (C=O) groups is 1. The molecule has 29 heavy (non-hydrogen) atoms. The second-order valence-corrected chi connectivity index (χ2v) is 8.96. The van der Waals surface area contributed by atoms with Crippen molar-refractivity contribution in [2.24, 2.45) is 5.10 Å². The number of non-ortho nitro benzene ring substituents is 1. The number of aromatic nitrogens is 2. The number of nitrogens with zero attached hydrogens (tertiary/aromatic N) is 4. The normalized spacial score (nSPS) is 10.9. The summed E-state index contributed by atoms with van der Waals surface area (Å²) in [6.07, 6.45) is 1.36. The van der Waals surface area contributed by atoms with E-state index in [0.29, 0.717) is 9.90 Å². The molecular weight excluding hydrogens is 430 g/mol. The molecule has 148 valence electrons. The average Bonchev–Trinajstić information content (AvgIpc) is 3.20. The molecule has 1 amide bonds. The predicted molar refractivity (Wildman–Crippen MR) is 115 cm³/mol. The third-order valence-electron chi connectivity index (χ3n) is 3.40. The van der Waals surface area contributed by atoms with Gasteiger partial charge in [0.05, 0.1) is 16.9 Å². The van der Waals surface area contributed by atoms with Gasteiger partial charge in [-0.1, -0.05) is 77.3 Å². The molecule has 0 bridgehead atoms. The first-order valence-corrected chi connectivity index (χ1v) is 11.1. The molecule has 0 spiro atoms. The summed E-state index contributed by atoms with van der Waals surface area (Å²) in [7, 11) is 0. The smallest absolute Gasteiger partial charge is 0.270 e. The van der Waals surface area contributed by atoms with Gasteiger partial charge in [-0.25, -0.2) is 5.43 Å². The summed E-state index contributed by atoms with van der Waals surface area (Å²) < 4.78 is 1.55. The van der Waals surface area contributed by atoms with E-state index >= 15 is 0 Å². The van der Waals surface area contributed by atoms with Gasteiger partial charge in [-0.2, -0.15) is 5.10 Å². The van der Waals surface area contributed by atoms with E-state index in [9.17, 15) is 14.9 Å². The summed E-state index contributed by atoms with van der Waals surface area (Å²) in [5, 5.41) is 22.8. The van der Waals surface area contributed by atoms with E-state index in [1.165, 1.54) is 47.0 Å². The van der Waals surface area contributed by atoms with E-state index < -0.39 is 4.92 Å². The molecule has 8 nitrogen and oxygen atoms in total. The number of hydrogen-bond donors (Lipinski definition) is 1. The molecule has 3 aromatic rings. The lowest BCUT2D eigenvalue weighted by atomic mass is 10.2. The molecule has 1 N–H and O–H groups in total. The highest BCUT2D eigenvalue weighted by atomic mass is 32.2. The molecule has 11 heteroatoms. The fourth-order valence-corrected chi connectivity index (χ4v) is 4.86. The zero-order valence-corrected chi connectivity index (χ0v) is 17.4. The first kappa shape index (κ1) is 21.0. The van der Waals surface area contributed by atoms with Crippen LogP contribution in [0.15, 0.2) is 68.4 Å². The Hall–Kier alpha value is -2.76. The van der Waals surface area contributed by atoms with Crippen LogP contribution >= 0.6 is 34.9 Å². The first-order valence-electron chi connectivity index (χ1n) is 8.29. The topological polar surface area (TPSA) is 110 Å². The molecule has 1 aromatic heterocycles. The van der Waals surface area contributed by atoms with Gasteiger partial charge in [0, 0.05) is 23.4 Å². The minimum Gasteiger partial charge on any atom is -0.272 e. The van der Waals surface area contributed by atoms with Crippen molar-refractivity contribution in [3.05, 3.63) is 75.8 Å². The highest BCUT2D eigenvalue weighted by Gasteiger charge is 2.09. The number of benzene rings is 2. The lowest BCUT2D eigenvalue weighted by Gasteiger charge is -1.98. The first-order chi connectivity index (χ1) is 14.1. The molecule has 0 aliphatic rings.